The maximum Gasteiger partial charge on any atom is 0.0733 e. The number of halogens is 1. The lowest BCUT2D eigenvalue weighted by molar-refractivity contribution is 0.728. The summed E-state index contributed by atoms with van der Waals surface area (Å²) in [6.07, 6.45) is 4.91. The van der Waals surface area contributed by atoms with Crippen molar-refractivity contribution < 1.29 is 0 Å². The molecule has 0 saturated heterocycles. The quantitative estimate of drug-likeness (QED) is 0.722. The van der Waals surface area contributed by atoms with E-state index in [2.05, 4.69) is 36.2 Å². The topological polar surface area (TPSA) is 12.9 Å². The molecule has 0 fully saturated rings. The maximum absolute atomic E-state index is 6.15. The van der Waals surface area contributed by atoms with Crippen molar-refractivity contribution in [3.63, 3.8) is 0 Å². The maximum atomic E-state index is 6.15. The van der Waals surface area contributed by atoms with Crippen molar-refractivity contribution in [2.75, 3.05) is 0 Å². The lowest BCUT2D eigenvalue weighted by Crippen LogP contribution is -1.99. The molecule has 0 amide bonds. The van der Waals surface area contributed by atoms with Gasteiger partial charge < -0.3 is 0 Å². The van der Waals surface area contributed by atoms with E-state index in [9.17, 15) is 0 Å². The van der Waals surface area contributed by atoms with Gasteiger partial charge in [0.1, 0.15) is 0 Å². The molecule has 1 heterocycles. The van der Waals surface area contributed by atoms with E-state index < -0.39 is 0 Å². The van der Waals surface area contributed by atoms with Crippen molar-refractivity contribution in [1.29, 1.82) is 0 Å². The van der Waals surface area contributed by atoms with Crippen LogP contribution in [-0.2, 0) is 6.42 Å². The van der Waals surface area contributed by atoms with Gasteiger partial charge in [-0.15, -0.1) is 11.6 Å². The van der Waals surface area contributed by atoms with Gasteiger partial charge in [0.25, 0.3) is 0 Å². The van der Waals surface area contributed by atoms with Gasteiger partial charge in [0.2, 0.25) is 0 Å². The van der Waals surface area contributed by atoms with E-state index in [1.807, 2.05) is 12.3 Å². The predicted molar refractivity (Wildman–Crippen MR) is 70.0 cm³/mol. The first kappa shape index (κ1) is 11.4. The second kappa shape index (κ2) is 5.31. The van der Waals surface area contributed by atoms with Crippen molar-refractivity contribution >= 4 is 22.5 Å². The fourth-order valence-electron chi connectivity index (χ4n) is 1.89. The summed E-state index contributed by atoms with van der Waals surface area (Å²) in [4.78, 5) is 4.44. The molecule has 16 heavy (non-hydrogen) atoms. The Morgan fingerprint density at radius 1 is 1.25 bits per heavy atom. The fourth-order valence-corrected chi connectivity index (χ4v) is 1.99. The van der Waals surface area contributed by atoms with Crippen molar-refractivity contribution in [1.82, 2.24) is 4.98 Å². The first-order chi connectivity index (χ1) is 7.81. The highest BCUT2D eigenvalue weighted by Gasteiger charge is 2.05. The molecule has 2 heteroatoms. The molecule has 1 unspecified atom stereocenters. The minimum absolute atomic E-state index is 0.277. The zero-order valence-electron chi connectivity index (χ0n) is 9.49. The van der Waals surface area contributed by atoms with Crippen LogP contribution in [-0.4, -0.2) is 10.4 Å². The smallest absolute Gasteiger partial charge is 0.0733 e. The number of rotatable bonds is 4. The van der Waals surface area contributed by atoms with Gasteiger partial charge in [0.05, 0.1) is 5.52 Å². The number of aromatic nitrogens is 1. The van der Waals surface area contributed by atoms with E-state index in [0.717, 1.165) is 24.8 Å². The number of hydrogen-bond acceptors (Lipinski definition) is 1. The molecule has 1 aromatic heterocycles. The summed E-state index contributed by atoms with van der Waals surface area (Å²) in [6.45, 7) is 2.12. The average Bonchev–Trinajstić information content (AvgIpc) is 2.35. The van der Waals surface area contributed by atoms with Crippen LogP contribution in [0.2, 0.25) is 0 Å². The predicted octanol–water partition coefficient (Wildman–Crippen LogP) is 4.18. The summed E-state index contributed by atoms with van der Waals surface area (Å²) in [5, 5.41) is 1.49. The zero-order chi connectivity index (χ0) is 11.4. The molecule has 2 aromatic rings. The summed E-state index contributed by atoms with van der Waals surface area (Å²) in [5.41, 5.74) is 2.42. The first-order valence-electron chi connectivity index (χ1n) is 5.78. The molecule has 1 nitrogen and oxygen atoms in total. The van der Waals surface area contributed by atoms with Crippen molar-refractivity contribution in [3.05, 3.63) is 42.1 Å². The summed E-state index contributed by atoms with van der Waals surface area (Å²) in [5.74, 6) is 0. The third-order valence-electron chi connectivity index (χ3n) is 2.89. The van der Waals surface area contributed by atoms with Crippen LogP contribution < -0.4 is 0 Å². The first-order valence-corrected chi connectivity index (χ1v) is 6.21. The molecule has 0 aliphatic carbocycles. The SMILES string of the molecule is CCC(Cl)CCc1cccc2cccnc12. The highest BCUT2D eigenvalue weighted by molar-refractivity contribution is 6.20. The summed E-state index contributed by atoms with van der Waals surface area (Å²) in [6, 6.07) is 10.4. The van der Waals surface area contributed by atoms with E-state index in [0.29, 0.717) is 0 Å². The summed E-state index contributed by atoms with van der Waals surface area (Å²) < 4.78 is 0. The van der Waals surface area contributed by atoms with Crippen LogP contribution in [0.5, 0.6) is 0 Å². The van der Waals surface area contributed by atoms with E-state index >= 15 is 0 Å². The Balaban J connectivity index is 2.23. The minimum Gasteiger partial charge on any atom is -0.256 e. The van der Waals surface area contributed by atoms with Crippen LogP contribution >= 0.6 is 11.6 Å². The normalized spacial score (nSPS) is 12.9. The molecule has 0 spiro atoms. The third kappa shape index (κ3) is 2.53. The van der Waals surface area contributed by atoms with E-state index in [1.54, 1.807) is 0 Å². The average molecular weight is 234 g/mol. The Hall–Kier alpha value is -1.08. The molecule has 2 rings (SSSR count). The van der Waals surface area contributed by atoms with Gasteiger partial charge in [-0.2, -0.15) is 0 Å². The largest absolute Gasteiger partial charge is 0.256 e. The second-order valence-corrected chi connectivity index (χ2v) is 4.65. The molecule has 1 aromatic carbocycles. The number of fused-ring (bicyclic) bond motifs is 1. The highest BCUT2D eigenvalue weighted by Crippen LogP contribution is 2.19. The summed E-state index contributed by atoms with van der Waals surface area (Å²) >= 11 is 6.15. The molecule has 0 bridgehead atoms. The van der Waals surface area contributed by atoms with E-state index in [4.69, 9.17) is 11.6 Å². The number of pyridine rings is 1. The van der Waals surface area contributed by atoms with E-state index in [1.165, 1.54) is 10.9 Å². The lowest BCUT2D eigenvalue weighted by Gasteiger charge is -2.08. The molecule has 0 N–H and O–H groups in total. The molecule has 0 radical (unpaired) electrons. The van der Waals surface area contributed by atoms with Crippen LogP contribution in [0.1, 0.15) is 25.3 Å². The second-order valence-electron chi connectivity index (χ2n) is 4.04. The number of hydrogen-bond donors (Lipinski definition) is 0. The van der Waals surface area contributed by atoms with Crippen LogP contribution in [0, 0.1) is 0 Å². The molecule has 0 saturated carbocycles. The van der Waals surface area contributed by atoms with Gasteiger partial charge in [-0.25, -0.2) is 0 Å². The Labute approximate surface area is 101 Å². The number of benzene rings is 1. The van der Waals surface area contributed by atoms with Crippen LogP contribution in [0.3, 0.4) is 0 Å². The monoisotopic (exact) mass is 233 g/mol. The van der Waals surface area contributed by atoms with E-state index in [-0.39, 0.29) is 5.38 Å². The number of alkyl halides is 1. The molecule has 0 aliphatic heterocycles. The molecular weight excluding hydrogens is 218 g/mol. The third-order valence-corrected chi connectivity index (χ3v) is 3.41. The fraction of sp³-hybridized carbons (Fsp3) is 0.357. The van der Waals surface area contributed by atoms with Gasteiger partial charge in [-0.05, 0) is 30.9 Å². The number of para-hydroxylation sites is 1. The Bertz CT molecular complexity index is 462. The Kier molecular flexibility index (Phi) is 3.79. The molecule has 0 aliphatic rings. The summed E-state index contributed by atoms with van der Waals surface area (Å²) in [7, 11) is 0. The van der Waals surface area contributed by atoms with Crippen LogP contribution in [0.4, 0.5) is 0 Å². The Morgan fingerprint density at radius 2 is 2.06 bits per heavy atom. The van der Waals surface area contributed by atoms with Gasteiger partial charge in [-0.3, -0.25) is 4.98 Å². The van der Waals surface area contributed by atoms with Gasteiger partial charge in [-0.1, -0.05) is 31.2 Å². The van der Waals surface area contributed by atoms with Gasteiger partial charge in [0, 0.05) is 17.0 Å². The lowest BCUT2D eigenvalue weighted by atomic mass is 10.0. The highest BCUT2D eigenvalue weighted by atomic mass is 35.5. The molecular formula is C14H16ClN. The van der Waals surface area contributed by atoms with Crippen molar-refractivity contribution in [2.24, 2.45) is 0 Å². The van der Waals surface area contributed by atoms with Gasteiger partial charge in [0.15, 0.2) is 0 Å². The molecule has 1 atom stereocenters. The zero-order valence-corrected chi connectivity index (χ0v) is 10.2. The van der Waals surface area contributed by atoms with Crippen molar-refractivity contribution in [3.8, 4) is 0 Å². The molecule has 84 valence electrons. The van der Waals surface area contributed by atoms with Crippen LogP contribution in [0.25, 0.3) is 10.9 Å². The number of nitrogens with zero attached hydrogens (tertiary/aromatic N) is 1. The van der Waals surface area contributed by atoms with Crippen molar-refractivity contribution in [2.45, 2.75) is 31.6 Å². The Morgan fingerprint density at radius 3 is 2.88 bits per heavy atom. The number of aryl methyl sites for hydroxylation is 1. The standard InChI is InChI=1S/C14H16ClN/c1-2-13(15)9-8-12-6-3-5-11-7-4-10-16-14(11)12/h3-7,10,13H,2,8-9H2,1H3. The van der Waals surface area contributed by atoms with Crippen LogP contribution in [0.15, 0.2) is 36.5 Å². The van der Waals surface area contributed by atoms with Gasteiger partial charge >= 0.3 is 0 Å². The minimum atomic E-state index is 0.277.